The minimum atomic E-state index is -0.380. The van der Waals surface area contributed by atoms with Crippen LogP contribution in [0.5, 0.6) is 0 Å². The van der Waals surface area contributed by atoms with Gasteiger partial charge in [-0.25, -0.2) is 0 Å². The molecule has 0 aliphatic rings. The Labute approximate surface area is 93.6 Å². The zero-order chi connectivity index (χ0) is 10.6. The van der Waals surface area contributed by atoms with Gasteiger partial charge in [0.2, 0.25) is 0 Å². The molecular weight excluding hydrogens is 240 g/mol. The number of aliphatic hydroxyl groups is 1. The van der Waals surface area contributed by atoms with Gasteiger partial charge in [0.25, 0.3) is 0 Å². The van der Waals surface area contributed by atoms with E-state index in [0.29, 0.717) is 6.42 Å². The van der Waals surface area contributed by atoms with E-state index in [2.05, 4.69) is 15.9 Å². The molecule has 0 saturated carbocycles. The van der Waals surface area contributed by atoms with Crippen LogP contribution in [0.1, 0.15) is 19.4 Å². The van der Waals surface area contributed by atoms with E-state index in [4.69, 9.17) is 0 Å². The van der Waals surface area contributed by atoms with E-state index >= 15 is 0 Å². The molecular formula is C12H15BrO. The summed E-state index contributed by atoms with van der Waals surface area (Å²) in [6.07, 6.45) is 2.17. The molecule has 0 aliphatic heterocycles. The summed E-state index contributed by atoms with van der Waals surface area (Å²) < 4.78 is 1.06. The third-order valence-corrected chi connectivity index (χ3v) is 2.35. The molecule has 0 amide bonds. The molecule has 0 aliphatic carbocycles. The van der Waals surface area contributed by atoms with Crippen molar-refractivity contribution in [2.75, 3.05) is 0 Å². The number of allylic oxidation sites excluding steroid dienone is 1. The molecule has 0 radical (unpaired) electrons. The van der Waals surface area contributed by atoms with Crippen molar-refractivity contribution in [2.24, 2.45) is 0 Å². The lowest BCUT2D eigenvalue weighted by Gasteiger charge is -2.06. The first-order valence-electron chi connectivity index (χ1n) is 4.65. The van der Waals surface area contributed by atoms with E-state index < -0.39 is 0 Å². The van der Waals surface area contributed by atoms with E-state index in [-0.39, 0.29) is 6.10 Å². The van der Waals surface area contributed by atoms with Gasteiger partial charge < -0.3 is 5.11 Å². The molecule has 0 saturated heterocycles. The topological polar surface area (TPSA) is 20.2 Å². The second-order valence-corrected chi connectivity index (χ2v) is 4.56. The third kappa shape index (κ3) is 4.07. The van der Waals surface area contributed by atoms with Crippen molar-refractivity contribution < 1.29 is 5.11 Å². The van der Waals surface area contributed by atoms with E-state index in [1.54, 1.807) is 0 Å². The van der Waals surface area contributed by atoms with Gasteiger partial charge in [-0.15, -0.1) is 0 Å². The summed E-state index contributed by atoms with van der Waals surface area (Å²) in [7, 11) is 0. The van der Waals surface area contributed by atoms with Gasteiger partial charge in [0.05, 0.1) is 6.10 Å². The van der Waals surface area contributed by atoms with Gasteiger partial charge in [-0.2, -0.15) is 0 Å². The maximum Gasteiger partial charge on any atom is 0.0763 e. The Bertz CT molecular complexity index is 327. The predicted octanol–water partition coefficient (Wildman–Crippen LogP) is 3.32. The zero-order valence-electron chi connectivity index (χ0n) is 8.50. The highest BCUT2D eigenvalue weighted by Gasteiger charge is 2.02. The number of hydrogen-bond acceptors (Lipinski definition) is 1. The van der Waals surface area contributed by atoms with Gasteiger partial charge in [0.15, 0.2) is 0 Å². The summed E-state index contributed by atoms with van der Waals surface area (Å²) in [4.78, 5) is 0. The van der Waals surface area contributed by atoms with Gasteiger partial charge >= 0.3 is 0 Å². The Balaban J connectivity index is 2.65. The molecule has 76 valence electrons. The number of hydrogen-bond donors (Lipinski definition) is 1. The van der Waals surface area contributed by atoms with Crippen LogP contribution in [0.3, 0.4) is 0 Å². The molecule has 1 atom stereocenters. The summed E-state index contributed by atoms with van der Waals surface area (Å²) in [6.45, 7) is 3.98. The van der Waals surface area contributed by atoms with Gasteiger partial charge in [-0.05, 0) is 31.5 Å². The van der Waals surface area contributed by atoms with Crippen LogP contribution in [0.25, 0.3) is 0 Å². The molecule has 1 unspecified atom stereocenters. The fraction of sp³-hybridized carbons (Fsp3) is 0.333. The summed E-state index contributed by atoms with van der Waals surface area (Å²) in [6, 6.07) is 8.01. The smallest absolute Gasteiger partial charge is 0.0763 e. The number of rotatable bonds is 3. The molecule has 0 fully saturated rings. The van der Waals surface area contributed by atoms with Crippen molar-refractivity contribution in [3.63, 3.8) is 0 Å². The average molecular weight is 255 g/mol. The lowest BCUT2D eigenvalue weighted by Crippen LogP contribution is -2.06. The van der Waals surface area contributed by atoms with Crippen LogP contribution in [0.2, 0.25) is 0 Å². The van der Waals surface area contributed by atoms with Crippen LogP contribution in [0.4, 0.5) is 0 Å². The van der Waals surface area contributed by atoms with Crippen molar-refractivity contribution in [2.45, 2.75) is 26.4 Å². The second-order valence-electron chi connectivity index (χ2n) is 3.65. The highest BCUT2D eigenvalue weighted by Crippen LogP contribution is 2.13. The number of aliphatic hydroxyl groups excluding tert-OH is 1. The Hall–Kier alpha value is -0.600. The fourth-order valence-electron chi connectivity index (χ4n) is 1.35. The quantitative estimate of drug-likeness (QED) is 0.821. The summed E-state index contributed by atoms with van der Waals surface area (Å²) in [5.74, 6) is 0. The SMILES string of the molecule is CC(C)=CC(O)Cc1cccc(Br)c1. The Morgan fingerprint density at radius 3 is 2.79 bits per heavy atom. The van der Waals surface area contributed by atoms with Crippen LogP contribution < -0.4 is 0 Å². The second kappa shape index (κ2) is 5.32. The van der Waals surface area contributed by atoms with Crippen LogP contribution in [0, 0.1) is 0 Å². The van der Waals surface area contributed by atoms with E-state index in [0.717, 1.165) is 15.6 Å². The van der Waals surface area contributed by atoms with Crippen molar-refractivity contribution in [3.05, 3.63) is 46.0 Å². The maximum absolute atomic E-state index is 9.67. The Kier molecular flexibility index (Phi) is 4.36. The molecule has 1 aromatic carbocycles. The molecule has 1 rings (SSSR count). The maximum atomic E-state index is 9.67. The summed E-state index contributed by atoms with van der Waals surface area (Å²) in [5.41, 5.74) is 2.29. The van der Waals surface area contributed by atoms with Crippen LogP contribution in [-0.2, 0) is 6.42 Å². The molecule has 0 bridgehead atoms. The van der Waals surface area contributed by atoms with Crippen LogP contribution in [-0.4, -0.2) is 11.2 Å². The van der Waals surface area contributed by atoms with Crippen molar-refractivity contribution in [1.29, 1.82) is 0 Å². The van der Waals surface area contributed by atoms with Crippen molar-refractivity contribution in [1.82, 2.24) is 0 Å². The van der Waals surface area contributed by atoms with Crippen LogP contribution >= 0.6 is 15.9 Å². The van der Waals surface area contributed by atoms with Gasteiger partial charge in [0, 0.05) is 10.9 Å². The molecule has 2 heteroatoms. The Morgan fingerprint density at radius 1 is 1.50 bits per heavy atom. The lowest BCUT2D eigenvalue weighted by molar-refractivity contribution is 0.223. The minimum absolute atomic E-state index is 0.380. The molecule has 0 aromatic heterocycles. The van der Waals surface area contributed by atoms with Crippen molar-refractivity contribution >= 4 is 15.9 Å². The first-order valence-corrected chi connectivity index (χ1v) is 5.45. The fourth-order valence-corrected chi connectivity index (χ4v) is 1.80. The first-order chi connectivity index (χ1) is 6.58. The highest BCUT2D eigenvalue weighted by atomic mass is 79.9. The summed E-state index contributed by atoms with van der Waals surface area (Å²) >= 11 is 3.41. The van der Waals surface area contributed by atoms with Crippen LogP contribution in [0.15, 0.2) is 40.4 Å². The number of benzene rings is 1. The summed E-state index contributed by atoms with van der Waals surface area (Å²) in [5, 5.41) is 9.67. The lowest BCUT2D eigenvalue weighted by atomic mass is 10.1. The standard InChI is InChI=1S/C12H15BrO/c1-9(2)6-12(14)8-10-4-3-5-11(13)7-10/h3-7,12,14H,8H2,1-2H3. The molecule has 1 aromatic rings. The highest BCUT2D eigenvalue weighted by molar-refractivity contribution is 9.10. The van der Waals surface area contributed by atoms with Crippen molar-refractivity contribution in [3.8, 4) is 0 Å². The van der Waals surface area contributed by atoms with Gasteiger partial charge in [-0.1, -0.05) is 39.7 Å². The molecule has 14 heavy (non-hydrogen) atoms. The van der Waals surface area contributed by atoms with Gasteiger partial charge in [-0.3, -0.25) is 0 Å². The average Bonchev–Trinajstić information content (AvgIpc) is 2.01. The Morgan fingerprint density at radius 2 is 2.21 bits per heavy atom. The molecule has 1 nitrogen and oxygen atoms in total. The largest absolute Gasteiger partial charge is 0.389 e. The zero-order valence-corrected chi connectivity index (χ0v) is 10.1. The minimum Gasteiger partial charge on any atom is -0.389 e. The normalized spacial score (nSPS) is 12.3. The van der Waals surface area contributed by atoms with E-state index in [9.17, 15) is 5.11 Å². The van der Waals surface area contributed by atoms with E-state index in [1.165, 1.54) is 0 Å². The third-order valence-electron chi connectivity index (χ3n) is 1.86. The molecule has 1 N–H and O–H groups in total. The molecule has 0 heterocycles. The monoisotopic (exact) mass is 254 g/mol. The molecule has 0 spiro atoms. The predicted molar refractivity (Wildman–Crippen MR) is 63.3 cm³/mol. The van der Waals surface area contributed by atoms with E-state index in [1.807, 2.05) is 44.2 Å². The number of halogens is 1. The van der Waals surface area contributed by atoms with Gasteiger partial charge in [0.1, 0.15) is 0 Å². The first kappa shape index (κ1) is 11.5.